The smallest absolute Gasteiger partial charge is 0.0602 e. The molecular weight excluding hydrogens is 136 g/mol. The van der Waals surface area contributed by atoms with Crippen molar-refractivity contribution in [2.45, 2.75) is 51.0 Å². The lowest BCUT2D eigenvalue weighted by Gasteiger charge is -2.25. The molecule has 1 nitrogen and oxygen atoms in total. The van der Waals surface area contributed by atoms with Crippen LogP contribution in [0.25, 0.3) is 0 Å². The number of aliphatic hydroxyl groups excluding tert-OH is 1. The fraction of sp³-hybridized carbons (Fsp3) is 1.00. The van der Waals surface area contributed by atoms with Crippen molar-refractivity contribution in [3.8, 4) is 0 Å². The van der Waals surface area contributed by atoms with Gasteiger partial charge in [0.25, 0.3) is 0 Å². The Morgan fingerprint density at radius 3 is 2.73 bits per heavy atom. The number of aliphatic hydroxyl groups is 1. The second kappa shape index (κ2) is 1.66. The summed E-state index contributed by atoms with van der Waals surface area (Å²) in [6, 6.07) is 0. The van der Waals surface area contributed by atoms with Gasteiger partial charge in [-0.05, 0) is 37.5 Å². The van der Waals surface area contributed by atoms with Crippen molar-refractivity contribution in [2.75, 3.05) is 0 Å². The highest BCUT2D eigenvalue weighted by Crippen LogP contribution is 2.79. The largest absolute Gasteiger partial charge is 0.393 e. The van der Waals surface area contributed by atoms with Gasteiger partial charge in [-0.25, -0.2) is 0 Å². The zero-order chi connectivity index (χ0) is 7.53. The van der Waals surface area contributed by atoms with Gasteiger partial charge in [0, 0.05) is 5.41 Å². The van der Waals surface area contributed by atoms with Crippen LogP contribution in [0.15, 0.2) is 0 Å². The molecule has 3 saturated carbocycles. The third-order valence-electron chi connectivity index (χ3n) is 4.65. The van der Waals surface area contributed by atoms with E-state index >= 15 is 0 Å². The molecule has 0 aliphatic heterocycles. The third-order valence-corrected chi connectivity index (χ3v) is 4.65. The van der Waals surface area contributed by atoms with Gasteiger partial charge in [-0.2, -0.15) is 0 Å². The molecule has 11 heavy (non-hydrogen) atoms. The Morgan fingerprint density at radius 1 is 1.09 bits per heavy atom. The van der Waals surface area contributed by atoms with E-state index in [1.165, 1.54) is 38.5 Å². The fourth-order valence-electron chi connectivity index (χ4n) is 3.94. The summed E-state index contributed by atoms with van der Waals surface area (Å²) in [7, 11) is 0. The van der Waals surface area contributed by atoms with Crippen LogP contribution in [-0.2, 0) is 0 Å². The van der Waals surface area contributed by atoms with E-state index in [1.807, 2.05) is 0 Å². The highest BCUT2D eigenvalue weighted by Gasteiger charge is 2.73. The lowest BCUT2D eigenvalue weighted by atomic mass is 9.81. The lowest BCUT2D eigenvalue weighted by Crippen LogP contribution is -2.23. The van der Waals surface area contributed by atoms with Crippen LogP contribution >= 0.6 is 0 Å². The number of hydrogen-bond donors (Lipinski definition) is 1. The molecule has 0 saturated heterocycles. The zero-order valence-electron chi connectivity index (χ0n) is 6.97. The maximum absolute atomic E-state index is 9.82. The van der Waals surface area contributed by atoms with Gasteiger partial charge in [-0.3, -0.25) is 0 Å². The van der Waals surface area contributed by atoms with Gasteiger partial charge in [-0.15, -0.1) is 0 Å². The molecule has 0 heterocycles. The molecule has 0 bridgehead atoms. The van der Waals surface area contributed by atoms with Crippen molar-refractivity contribution >= 4 is 0 Å². The van der Waals surface area contributed by atoms with Crippen LogP contribution in [0.1, 0.15) is 44.9 Å². The molecule has 1 N–H and O–H groups in total. The first-order valence-electron chi connectivity index (χ1n) is 4.97. The second-order valence-electron chi connectivity index (χ2n) is 4.87. The first-order chi connectivity index (χ1) is 5.29. The van der Waals surface area contributed by atoms with Crippen LogP contribution in [0.2, 0.25) is 0 Å². The summed E-state index contributed by atoms with van der Waals surface area (Å²) < 4.78 is 0. The standard InChI is InChI=1S/C10H16O/c11-8-3-6-9-4-1-2-5-10(8,9)7-9/h8,11H,1-7H2. The first kappa shape index (κ1) is 6.47. The van der Waals surface area contributed by atoms with Crippen molar-refractivity contribution < 1.29 is 5.11 Å². The predicted molar refractivity (Wildman–Crippen MR) is 43.2 cm³/mol. The van der Waals surface area contributed by atoms with E-state index in [1.54, 1.807) is 0 Å². The van der Waals surface area contributed by atoms with E-state index in [0.29, 0.717) is 10.8 Å². The maximum atomic E-state index is 9.82. The molecule has 0 aromatic heterocycles. The van der Waals surface area contributed by atoms with Gasteiger partial charge in [0.2, 0.25) is 0 Å². The van der Waals surface area contributed by atoms with E-state index in [0.717, 1.165) is 6.42 Å². The Kier molecular flexibility index (Phi) is 0.976. The van der Waals surface area contributed by atoms with Gasteiger partial charge in [0.15, 0.2) is 0 Å². The molecule has 3 aliphatic rings. The van der Waals surface area contributed by atoms with Crippen LogP contribution in [0.3, 0.4) is 0 Å². The van der Waals surface area contributed by atoms with Crippen LogP contribution in [-0.4, -0.2) is 11.2 Å². The highest BCUT2D eigenvalue weighted by atomic mass is 16.3. The van der Waals surface area contributed by atoms with Crippen LogP contribution in [0.5, 0.6) is 0 Å². The molecule has 62 valence electrons. The summed E-state index contributed by atoms with van der Waals surface area (Å²) >= 11 is 0. The third kappa shape index (κ3) is 0.547. The van der Waals surface area contributed by atoms with Crippen molar-refractivity contribution in [3.63, 3.8) is 0 Å². The Balaban J connectivity index is 1.96. The van der Waals surface area contributed by atoms with Crippen LogP contribution in [0.4, 0.5) is 0 Å². The number of hydrogen-bond acceptors (Lipinski definition) is 1. The Hall–Kier alpha value is -0.0400. The van der Waals surface area contributed by atoms with Gasteiger partial charge in [0.1, 0.15) is 0 Å². The SMILES string of the molecule is OC1CCC23CCCCC12C3. The fourth-order valence-corrected chi connectivity index (χ4v) is 3.94. The Labute approximate surface area is 67.8 Å². The minimum atomic E-state index is 0.0720. The molecule has 0 aromatic carbocycles. The molecule has 3 fully saturated rings. The Morgan fingerprint density at radius 2 is 1.91 bits per heavy atom. The van der Waals surface area contributed by atoms with Crippen molar-refractivity contribution in [1.82, 2.24) is 0 Å². The first-order valence-corrected chi connectivity index (χ1v) is 4.97. The van der Waals surface area contributed by atoms with E-state index in [2.05, 4.69) is 0 Å². The highest BCUT2D eigenvalue weighted by molar-refractivity contribution is 5.22. The van der Waals surface area contributed by atoms with E-state index in [4.69, 9.17) is 0 Å². The maximum Gasteiger partial charge on any atom is 0.0602 e. The monoisotopic (exact) mass is 152 g/mol. The number of rotatable bonds is 0. The van der Waals surface area contributed by atoms with Crippen molar-refractivity contribution in [1.29, 1.82) is 0 Å². The molecule has 0 spiro atoms. The summed E-state index contributed by atoms with van der Waals surface area (Å²) in [5.41, 5.74) is 1.11. The van der Waals surface area contributed by atoms with Gasteiger partial charge in [-0.1, -0.05) is 12.8 Å². The topological polar surface area (TPSA) is 20.2 Å². The normalized spacial score (nSPS) is 60.3. The summed E-state index contributed by atoms with van der Waals surface area (Å²) in [6.07, 6.45) is 9.41. The average molecular weight is 152 g/mol. The van der Waals surface area contributed by atoms with Crippen molar-refractivity contribution in [3.05, 3.63) is 0 Å². The van der Waals surface area contributed by atoms with Gasteiger partial charge >= 0.3 is 0 Å². The summed E-state index contributed by atoms with van der Waals surface area (Å²) in [6.45, 7) is 0. The quantitative estimate of drug-likeness (QED) is 0.563. The van der Waals surface area contributed by atoms with Gasteiger partial charge < -0.3 is 5.11 Å². The van der Waals surface area contributed by atoms with E-state index in [-0.39, 0.29) is 6.10 Å². The zero-order valence-corrected chi connectivity index (χ0v) is 6.97. The molecule has 0 aromatic rings. The minimum absolute atomic E-state index is 0.0720. The molecule has 3 unspecified atom stereocenters. The van der Waals surface area contributed by atoms with E-state index < -0.39 is 0 Å². The molecule has 3 atom stereocenters. The molecule has 0 radical (unpaired) electrons. The minimum Gasteiger partial charge on any atom is -0.393 e. The Bertz CT molecular complexity index is 193. The molecule has 1 heteroatoms. The van der Waals surface area contributed by atoms with Gasteiger partial charge in [0.05, 0.1) is 6.10 Å². The van der Waals surface area contributed by atoms with Crippen LogP contribution in [0, 0.1) is 10.8 Å². The van der Waals surface area contributed by atoms with E-state index in [9.17, 15) is 5.11 Å². The molecular formula is C10H16O. The molecule has 3 rings (SSSR count). The molecule has 0 amide bonds. The molecule has 3 aliphatic carbocycles. The summed E-state index contributed by atoms with van der Waals surface area (Å²) in [5, 5.41) is 9.82. The summed E-state index contributed by atoms with van der Waals surface area (Å²) in [5.74, 6) is 0. The van der Waals surface area contributed by atoms with Crippen molar-refractivity contribution in [2.24, 2.45) is 10.8 Å². The second-order valence-corrected chi connectivity index (χ2v) is 4.87. The lowest BCUT2D eigenvalue weighted by molar-refractivity contribution is 0.0816. The van der Waals surface area contributed by atoms with Crippen LogP contribution < -0.4 is 0 Å². The predicted octanol–water partition coefficient (Wildman–Crippen LogP) is 2.09. The average Bonchev–Trinajstić information content (AvgIpc) is 2.63. The summed E-state index contributed by atoms with van der Waals surface area (Å²) in [4.78, 5) is 0.